The molecule has 0 radical (unpaired) electrons. The average molecular weight is 301 g/mol. The van der Waals surface area contributed by atoms with Crippen LogP contribution in [0.1, 0.15) is 30.4 Å². The number of benzene rings is 1. The third-order valence-corrected chi connectivity index (χ3v) is 5.39. The molecule has 0 amide bonds. The Hall–Kier alpha value is -0.870. The quantitative estimate of drug-likeness (QED) is 0.878. The number of rotatable bonds is 6. The summed E-state index contributed by atoms with van der Waals surface area (Å²) < 4.78 is 12.1. The number of aliphatic carboxylic acids is 1. The number of carbonyl (C=O) groups is 1. The van der Waals surface area contributed by atoms with Crippen molar-refractivity contribution < 1.29 is 14.1 Å². The van der Waals surface area contributed by atoms with Gasteiger partial charge < -0.3 is 5.11 Å². The second kappa shape index (κ2) is 5.63. The summed E-state index contributed by atoms with van der Waals surface area (Å²) in [6, 6.07) is 5.70. The van der Waals surface area contributed by atoms with Crippen molar-refractivity contribution in [3.63, 3.8) is 0 Å². The Morgan fingerprint density at radius 3 is 2.68 bits per heavy atom. The van der Waals surface area contributed by atoms with Crippen LogP contribution < -0.4 is 0 Å². The summed E-state index contributed by atoms with van der Waals surface area (Å²) in [5.74, 6) is 0.0622. The number of halogens is 1. The van der Waals surface area contributed by atoms with Crippen LogP contribution in [0.3, 0.4) is 0 Å². The minimum Gasteiger partial charge on any atom is -0.481 e. The molecule has 0 spiro atoms. The topological polar surface area (TPSA) is 54.4 Å². The van der Waals surface area contributed by atoms with E-state index in [1.54, 1.807) is 0 Å². The van der Waals surface area contributed by atoms with Crippen LogP contribution in [0.5, 0.6) is 0 Å². The molecule has 0 bridgehead atoms. The summed E-state index contributed by atoms with van der Waals surface area (Å²) in [6.45, 7) is 1.96. The van der Waals surface area contributed by atoms with Gasteiger partial charge in [-0.1, -0.05) is 23.7 Å². The van der Waals surface area contributed by atoms with E-state index in [1.165, 1.54) is 0 Å². The molecule has 1 saturated carbocycles. The van der Waals surface area contributed by atoms with E-state index in [9.17, 15) is 9.00 Å². The van der Waals surface area contributed by atoms with E-state index in [0.717, 1.165) is 24.0 Å². The molecule has 1 aromatic carbocycles. The fourth-order valence-corrected chi connectivity index (χ4v) is 4.36. The van der Waals surface area contributed by atoms with Crippen molar-refractivity contribution in [3.05, 3.63) is 34.3 Å². The van der Waals surface area contributed by atoms with Crippen LogP contribution in [0.2, 0.25) is 5.02 Å². The predicted octanol–water partition coefficient (Wildman–Crippen LogP) is 3.15. The fraction of sp³-hybridized carbons (Fsp3) is 0.500. The predicted molar refractivity (Wildman–Crippen MR) is 76.8 cm³/mol. The van der Waals surface area contributed by atoms with E-state index < -0.39 is 16.8 Å². The van der Waals surface area contributed by atoms with E-state index in [4.69, 9.17) is 16.7 Å². The van der Waals surface area contributed by atoms with E-state index in [-0.39, 0.29) is 11.8 Å². The van der Waals surface area contributed by atoms with Crippen molar-refractivity contribution in [3.8, 4) is 0 Å². The third-order valence-electron chi connectivity index (χ3n) is 3.48. The van der Waals surface area contributed by atoms with Crippen molar-refractivity contribution in [2.45, 2.75) is 31.9 Å². The lowest BCUT2D eigenvalue weighted by Gasteiger charge is -2.12. The minimum atomic E-state index is -1.06. The smallest absolute Gasteiger partial charge is 0.303 e. The Bertz CT molecular complexity index is 523. The second-order valence-corrected chi connectivity index (χ2v) is 7.26. The molecule has 1 aliphatic carbocycles. The van der Waals surface area contributed by atoms with Crippen molar-refractivity contribution >= 4 is 28.4 Å². The van der Waals surface area contributed by atoms with Gasteiger partial charge in [0.05, 0.1) is 12.2 Å². The van der Waals surface area contributed by atoms with Crippen molar-refractivity contribution in [2.75, 3.05) is 5.75 Å². The Kier molecular flexibility index (Phi) is 4.31. The van der Waals surface area contributed by atoms with Crippen molar-refractivity contribution in [1.29, 1.82) is 0 Å². The molecule has 1 fully saturated rings. The zero-order chi connectivity index (χ0) is 14.0. The maximum absolute atomic E-state index is 12.1. The summed E-state index contributed by atoms with van der Waals surface area (Å²) >= 11 is 6.12. The van der Waals surface area contributed by atoms with Gasteiger partial charge >= 0.3 is 5.97 Å². The summed E-state index contributed by atoms with van der Waals surface area (Å²) in [6.07, 6.45) is 1.86. The molecule has 1 unspecified atom stereocenters. The lowest BCUT2D eigenvalue weighted by Crippen LogP contribution is -2.17. The number of aryl methyl sites for hydroxylation is 1. The van der Waals surface area contributed by atoms with Crippen LogP contribution in [-0.4, -0.2) is 21.0 Å². The highest BCUT2D eigenvalue weighted by Crippen LogP contribution is 2.49. The lowest BCUT2D eigenvalue weighted by molar-refractivity contribution is -0.138. The van der Waals surface area contributed by atoms with Crippen LogP contribution in [0.25, 0.3) is 0 Å². The first-order chi connectivity index (χ1) is 8.90. The molecule has 104 valence electrons. The van der Waals surface area contributed by atoms with Gasteiger partial charge in [0, 0.05) is 21.6 Å². The Labute approximate surface area is 120 Å². The number of hydrogen-bond donors (Lipinski definition) is 1. The van der Waals surface area contributed by atoms with E-state index in [2.05, 4.69) is 0 Å². The molecular formula is C14H17ClO3S. The van der Waals surface area contributed by atoms with Gasteiger partial charge in [0.25, 0.3) is 0 Å². The molecule has 1 N–H and O–H groups in total. The molecule has 0 heterocycles. The molecule has 2 rings (SSSR count). The molecule has 0 saturated heterocycles. The molecule has 1 aliphatic rings. The zero-order valence-corrected chi connectivity index (χ0v) is 12.4. The van der Waals surface area contributed by atoms with Gasteiger partial charge in [-0.05, 0) is 42.4 Å². The average Bonchev–Trinajstić information content (AvgIpc) is 3.00. The van der Waals surface area contributed by atoms with Crippen LogP contribution in [0.15, 0.2) is 18.2 Å². The Morgan fingerprint density at radius 1 is 1.47 bits per heavy atom. The molecule has 0 aromatic heterocycles. The van der Waals surface area contributed by atoms with Gasteiger partial charge in [-0.25, -0.2) is 0 Å². The first kappa shape index (κ1) is 14.5. The highest BCUT2D eigenvalue weighted by molar-refractivity contribution is 7.84. The normalized spacial score (nSPS) is 18.0. The Morgan fingerprint density at radius 2 is 2.16 bits per heavy atom. The second-order valence-electron chi connectivity index (χ2n) is 5.39. The first-order valence-corrected chi connectivity index (χ1v) is 8.09. The standard InChI is InChI=1S/C14H17ClO3S/c1-10-2-3-11(12(15)6-10)8-19(18)9-14(4-5-14)7-13(16)17/h2-3,6H,4-5,7-9H2,1H3,(H,16,17). The van der Waals surface area contributed by atoms with Crippen molar-refractivity contribution in [2.24, 2.45) is 5.41 Å². The van der Waals surface area contributed by atoms with Gasteiger partial charge in [0.1, 0.15) is 0 Å². The molecular weight excluding hydrogens is 284 g/mol. The van der Waals surface area contributed by atoms with Crippen molar-refractivity contribution in [1.82, 2.24) is 0 Å². The van der Waals surface area contributed by atoms with Crippen LogP contribution in [0, 0.1) is 12.3 Å². The highest BCUT2D eigenvalue weighted by Gasteiger charge is 2.45. The first-order valence-electron chi connectivity index (χ1n) is 6.22. The Balaban J connectivity index is 1.96. The third kappa shape index (κ3) is 4.05. The summed E-state index contributed by atoms with van der Waals surface area (Å²) in [4.78, 5) is 10.8. The molecule has 1 atom stereocenters. The van der Waals surface area contributed by atoms with E-state index in [0.29, 0.717) is 16.5 Å². The van der Waals surface area contributed by atoms with Crippen LogP contribution >= 0.6 is 11.6 Å². The van der Waals surface area contributed by atoms with Crippen LogP contribution in [-0.2, 0) is 21.3 Å². The molecule has 0 aliphatic heterocycles. The van der Waals surface area contributed by atoms with Crippen LogP contribution in [0.4, 0.5) is 0 Å². The number of carboxylic acid groups (broad SMARTS) is 1. The van der Waals surface area contributed by atoms with E-state index in [1.807, 2.05) is 25.1 Å². The number of carboxylic acids is 1. The SMILES string of the molecule is Cc1ccc(CS(=O)CC2(CC(=O)O)CC2)c(Cl)c1. The molecule has 5 heteroatoms. The maximum atomic E-state index is 12.1. The monoisotopic (exact) mass is 300 g/mol. The maximum Gasteiger partial charge on any atom is 0.303 e. The molecule has 3 nitrogen and oxygen atoms in total. The van der Waals surface area contributed by atoms with Gasteiger partial charge in [0.2, 0.25) is 0 Å². The van der Waals surface area contributed by atoms with Gasteiger partial charge in [-0.15, -0.1) is 0 Å². The zero-order valence-electron chi connectivity index (χ0n) is 10.8. The van der Waals surface area contributed by atoms with Gasteiger partial charge in [-0.2, -0.15) is 0 Å². The van der Waals surface area contributed by atoms with E-state index >= 15 is 0 Å². The lowest BCUT2D eigenvalue weighted by atomic mass is 10.1. The summed E-state index contributed by atoms with van der Waals surface area (Å²) in [7, 11) is -1.06. The molecule has 1 aromatic rings. The number of hydrogen-bond acceptors (Lipinski definition) is 2. The van der Waals surface area contributed by atoms with Gasteiger partial charge in [0.15, 0.2) is 0 Å². The minimum absolute atomic E-state index is 0.125. The molecule has 19 heavy (non-hydrogen) atoms. The fourth-order valence-electron chi connectivity index (χ4n) is 2.21. The largest absolute Gasteiger partial charge is 0.481 e. The summed E-state index contributed by atoms with van der Waals surface area (Å²) in [5.41, 5.74) is 1.72. The highest BCUT2D eigenvalue weighted by atomic mass is 35.5. The summed E-state index contributed by atoms with van der Waals surface area (Å²) in [5, 5.41) is 9.48. The van der Waals surface area contributed by atoms with Gasteiger partial charge in [-0.3, -0.25) is 9.00 Å².